The fourth-order valence-corrected chi connectivity index (χ4v) is 6.84. The Morgan fingerprint density at radius 1 is 1.13 bits per heavy atom. The molecule has 1 spiro atoms. The number of nitrogens with zero attached hydrogens (tertiary/aromatic N) is 2. The number of ether oxygens (including phenoxy) is 1. The molecule has 5 nitrogen and oxygen atoms in total. The molecule has 4 fully saturated rings. The summed E-state index contributed by atoms with van der Waals surface area (Å²) in [6.45, 7) is 7.84. The zero-order valence-corrected chi connectivity index (χ0v) is 18.4. The van der Waals surface area contributed by atoms with Crippen LogP contribution in [0.3, 0.4) is 0 Å². The van der Waals surface area contributed by atoms with Crippen molar-refractivity contribution in [2.75, 3.05) is 44.2 Å². The maximum absolute atomic E-state index is 12.4. The highest BCUT2D eigenvalue weighted by molar-refractivity contribution is 5.74. The van der Waals surface area contributed by atoms with Crippen LogP contribution >= 0.6 is 0 Å². The van der Waals surface area contributed by atoms with Gasteiger partial charge in [0.25, 0.3) is 0 Å². The van der Waals surface area contributed by atoms with E-state index in [2.05, 4.69) is 45.4 Å². The normalized spacial score (nSPS) is 35.0. The minimum Gasteiger partial charge on any atom is -0.466 e. The molecule has 4 aliphatic rings. The number of carbonyl (C=O) groups is 1. The second-order valence-electron chi connectivity index (χ2n) is 9.97. The van der Waals surface area contributed by atoms with Crippen molar-refractivity contribution in [3.8, 4) is 0 Å². The van der Waals surface area contributed by atoms with Crippen LogP contribution in [0.4, 0.5) is 5.69 Å². The van der Waals surface area contributed by atoms with Crippen LogP contribution in [0.25, 0.3) is 0 Å². The third-order valence-corrected chi connectivity index (χ3v) is 8.44. The molecule has 0 bridgehead atoms. The first-order chi connectivity index (χ1) is 14.7. The number of anilines is 1. The fraction of sp³-hybridized carbons (Fsp3) is 0.720. The van der Waals surface area contributed by atoms with Crippen LogP contribution < -0.4 is 10.2 Å². The molecule has 3 aliphatic heterocycles. The Morgan fingerprint density at radius 3 is 2.63 bits per heavy atom. The number of esters is 1. The van der Waals surface area contributed by atoms with Gasteiger partial charge in [0.1, 0.15) is 0 Å². The van der Waals surface area contributed by atoms with Gasteiger partial charge in [0.05, 0.1) is 12.5 Å². The number of likely N-dealkylation sites (tertiary alicyclic amines) is 1. The van der Waals surface area contributed by atoms with Crippen molar-refractivity contribution in [2.45, 2.75) is 57.5 Å². The minimum absolute atomic E-state index is 0.0156. The van der Waals surface area contributed by atoms with E-state index < -0.39 is 0 Å². The number of piperidine rings is 1. The van der Waals surface area contributed by atoms with Crippen molar-refractivity contribution in [3.63, 3.8) is 0 Å². The lowest BCUT2D eigenvalue weighted by Crippen LogP contribution is -2.57. The van der Waals surface area contributed by atoms with Crippen molar-refractivity contribution >= 4 is 11.7 Å². The highest BCUT2D eigenvalue weighted by Crippen LogP contribution is 2.52. The van der Waals surface area contributed by atoms with E-state index in [-0.39, 0.29) is 17.3 Å². The van der Waals surface area contributed by atoms with E-state index in [1.54, 1.807) is 0 Å². The lowest BCUT2D eigenvalue weighted by atomic mass is 9.59. The summed E-state index contributed by atoms with van der Waals surface area (Å²) in [6, 6.07) is 12.4. The molecule has 1 aromatic rings. The van der Waals surface area contributed by atoms with Gasteiger partial charge in [-0.15, -0.1) is 0 Å². The molecule has 2 atom stereocenters. The second kappa shape index (κ2) is 8.51. The lowest BCUT2D eigenvalue weighted by molar-refractivity contribution is -0.155. The Morgan fingerprint density at radius 2 is 1.90 bits per heavy atom. The highest BCUT2D eigenvalue weighted by atomic mass is 16.5. The number of carbonyl (C=O) groups excluding carboxylic acids is 1. The standard InChI is InChI=1S/C25H37N3O2/c1-2-30-24(29)22-17-26-18-25(22)15-21(16-25)27-13-10-19(11-14-27)23-9-6-12-28(23)20-7-4-3-5-8-20/h3-5,7-8,19,21-23,26H,2,6,9-18H2,1H3/t21?,22?,23-,25?/m0/s1. The first kappa shape index (κ1) is 20.3. The third-order valence-electron chi connectivity index (χ3n) is 8.44. The van der Waals surface area contributed by atoms with Gasteiger partial charge in [0.15, 0.2) is 0 Å². The number of benzene rings is 1. The Bertz CT molecular complexity index is 725. The Balaban J connectivity index is 1.14. The molecule has 5 heteroatoms. The van der Waals surface area contributed by atoms with Gasteiger partial charge in [-0.1, -0.05) is 18.2 Å². The van der Waals surface area contributed by atoms with Gasteiger partial charge in [-0.05, 0) is 76.6 Å². The number of hydrogen-bond acceptors (Lipinski definition) is 5. The molecule has 0 radical (unpaired) electrons. The maximum Gasteiger partial charge on any atom is 0.310 e. The molecule has 1 aliphatic carbocycles. The van der Waals surface area contributed by atoms with E-state index in [0.29, 0.717) is 12.6 Å². The number of para-hydroxylation sites is 1. The molecule has 30 heavy (non-hydrogen) atoms. The Hall–Kier alpha value is -1.59. The van der Waals surface area contributed by atoms with E-state index in [0.717, 1.165) is 37.9 Å². The SMILES string of the molecule is CCOC(=O)C1CNCC12CC(N1CCC([C@@H]3CCCN3c3ccccc3)CC1)C2. The average Bonchev–Trinajstić information content (AvgIpc) is 3.41. The van der Waals surface area contributed by atoms with Gasteiger partial charge >= 0.3 is 5.97 Å². The summed E-state index contributed by atoms with van der Waals surface area (Å²) in [5.74, 6) is 0.893. The summed E-state index contributed by atoms with van der Waals surface area (Å²) in [4.78, 5) is 17.8. The zero-order valence-electron chi connectivity index (χ0n) is 18.4. The van der Waals surface area contributed by atoms with Crippen LogP contribution in [0.5, 0.6) is 0 Å². The van der Waals surface area contributed by atoms with Crippen LogP contribution in [0, 0.1) is 17.3 Å². The first-order valence-corrected chi connectivity index (χ1v) is 12.1. The molecule has 1 N–H and O–H groups in total. The quantitative estimate of drug-likeness (QED) is 0.754. The molecule has 3 saturated heterocycles. The Labute approximate surface area is 181 Å². The van der Waals surface area contributed by atoms with Crippen molar-refractivity contribution in [2.24, 2.45) is 17.3 Å². The summed E-state index contributed by atoms with van der Waals surface area (Å²) in [5.41, 5.74) is 1.56. The van der Waals surface area contributed by atoms with Crippen LogP contribution in [-0.2, 0) is 9.53 Å². The number of hydrogen-bond donors (Lipinski definition) is 1. The zero-order chi connectivity index (χ0) is 20.6. The van der Waals surface area contributed by atoms with Gasteiger partial charge in [-0.3, -0.25) is 4.79 Å². The molecule has 0 amide bonds. The van der Waals surface area contributed by atoms with Crippen LogP contribution in [0.15, 0.2) is 30.3 Å². The first-order valence-electron chi connectivity index (χ1n) is 12.1. The van der Waals surface area contributed by atoms with Crippen LogP contribution in [0.2, 0.25) is 0 Å². The summed E-state index contributed by atoms with van der Waals surface area (Å²) in [7, 11) is 0. The van der Waals surface area contributed by atoms with E-state index >= 15 is 0 Å². The van der Waals surface area contributed by atoms with Gasteiger partial charge in [-0.25, -0.2) is 0 Å². The predicted octanol–water partition coefficient (Wildman–Crippen LogP) is 3.30. The molecule has 3 heterocycles. The predicted molar refractivity (Wildman–Crippen MR) is 120 cm³/mol. The molecular weight excluding hydrogens is 374 g/mol. The topological polar surface area (TPSA) is 44.8 Å². The second-order valence-corrected chi connectivity index (χ2v) is 9.97. The summed E-state index contributed by atoms with van der Waals surface area (Å²) in [5, 5.41) is 3.47. The molecule has 5 rings (SSSR count). The molecule has 1 aromatic carbocycles. The summed E-state index contributed by atoms with van der Waals surface area (Å²) >= 11 is 0. The van der Waals surface area contributed by atoms with Crippen LogP contribution in [0.1, 0.15) is 45.4 Å². The molecule has 1 saturated carbocycles. The number of nitrogens with one attached hydrogen (secondary N) is 1. The average molecular weight is 412 g/mol. The fourth-order valence-electron chi connectivity index (χ4n) is 6.84. The van der Waals surface area contributed by atoms with E-state index in [1.807, 2.05) is 6.92 Å². The van der Waals surface area contributed by atoms with Crippen LogP contribution in [-0.4, -0.2) is 62.3 Å². The third kappa shape index (κ3) is 3.64. The van der Waals surface area contributed by atoms with E-state index in [9.17, 15) is 4.79 Å². The smallest absolute Gasteiger partial charge is 0.310 e. The van der Waals surface area contributed by atoms with Gasteiger partial charge in [0, 0.05) is 42.8 Å². The molecular formula is C25H37N3O2. The van der Waals surface area contributed by atoms with Gasteiger partial charge in [-0.2, -0.15) is 0 Å². The van der Waals surface area contributed by atoms with Crippen molar-refractivity contribution in [1.29, 1.82) is 0 Å². The molecule has 164 valence electrons. The van der Waals surface area contributed by atoms with Crippen molar-refractivity contribution < 1.29 is 9.53 Å². The molecule has 1 unspecified atom stereocenters. The van der Waals surface area contributed by atoms with Gasteiger partial charge < -0.3 is 19.9 Å². The number of rotatable bonds is 5. The van der Waals surface area contributed by atoms with E-state index in [1.165, 1.54) is 51.0 Å². The summed E-state index contributed by atoms with van der Waals surface area (Å²) in [6.07, 6.45) is 7.63. The maximum atomic E-state index is 12.4. The monoisotopic (exact) mass is 411 g/mol. The van der Waals surface area contributed by atoms with E-state index in [4.69, 9.17) is 4.74 Å². The Kier molecular flexibility index (Phi) is 5.76. The minimum atomic E-state index is 0.0156. The van der Waals surface area contributed by atoms with Crippen molar-refractivity contribution in [1.82, 2.24) is 10.2 Å². The highest BCUT2D eigenvalue weighted by Gasteiger charge is 2.56. The molecule has 0 aromatic heterocycles. The van der Waals surface area contributed by atoms with Crippen molar-refractivity contribution in [3.05, 3.63) is 30.3 Å². The largest absolute Gasteiger partial charge is 0.466 e. The summed E-state index contributed by atoms with van der Waals surface area (Å²) < 4.78 is 5.36. The lowest BCUT2D eigenvalue weighted by Gasteiger charge is -2.53. The van der Waals surface area contributed by atoms with Gasteiger partial charge in [0.2, 0.25) is 0 Å².